The van der Waals surface area contributed by atoms with E-state index in [1.807, 2.05) is 36.4 Å². The van der Waals surface area contributed by atoms with Crippen molar-refractivity contribution >= 4 is 0 Å². The van der Waals surface area contributed by atoms with Crippen LogP contribution in [0.2, 0.25) is 0 Å². The van der Waals surface area contributed by atoms with Crippen LogP contribution >= 0.6 is 0 Å². The van der Waals surface area contributed by atoms with Crippen molar-refractivity contribution in [1.29, 1.82) is 0 Å². The summed E-state index contributed by atoms with van der Waals surface area (Å²) in [5.41, 5.74) is 2.68. The molecular weight excluding hydrogens is 248 g/mol. The quantitative estimate of drug-likeness (QED) is 0.854. The van der Waals surface area contributed by atoms with E-state index in [9.17, 15) is 0 Å². The van der Waals surface area contributed by atoms with E-state index in [0.29, 0.717) is 0 Å². The van der Waals surface area contributed by atoms with E-state index >= 15 is 0 Å². The van der Waals surface area contributed by atoms with Gasteiger partial charge in [0.15, 0.2) is 0 Å². The van der Waals surface area contributed by atoms with E-state index < -0.39 is 0 Å². The van der Waals surface area contributed by atoms with Crippen LogP contribution in [0.4, 0.5) is 0 Å². The summed E-state index contributed by atoms with van der Waals surface area (Å²) in [6, 6.07) is 4.22. The lowest BCUT2D eigenvalue weighted by atomic mass is 9.92. The number of rotatable bonds is 4. The third-order valence-corrected chi connectivity index (χ3v) is 4.01. The molecule has 0 radical (unpaired) electrons. The first-order chi connectivity index (χ1) is 9.79. The molecule has 20 heavy (non-hydrogen) atoms. The maximum absolute atomic E-state index is 4.25. The summed E-state index contributed by atoms with van der Waals surface area (Å²) in [6.07, 6.45) is 11.7. The van der Waals surface area contributed by atoms with Crippen LogP contribution in [-0.2, 0) is 20.0 Å². The van der Waals surface area contributed by atoms with E-state index in [4.69, 9.17) is 0 Å². The SMILES string of the molecule is Cn1cc(CN2CCC[C@@H](Cc3cccnc3)C2)cn1. The predicted molar refractivity (Wildman–Crippen MR) is 79.2 cm³/mol. The van der Waals surface area contributed by atoms with Crippen molar-refractivity contribution in [1.82, 2.24) is 19.7 Å². The van der Waals surface area contributed by atoms with Crippen molar-refractivity contribution in [3.05, 3.63) is 48.0 Å². The van der Waals surface area contributed by atoms with Crippen molar-refractivity contribution < 1.29 is 0 Å². The molecule has 4 heteroatoms. The lowest BCUT2D eigenvalue weighted by Gasteiger charge is -2.32. The number of hydrogen-bond acceptors (Lipinski definition) is 3. The van der Waals surface area contributed by atoms with Crippen LogP contribution in [-0.4, -0.2) is 32.8 Å². The molecule has 0 spiro atoms. The molecule has 0 amide bonds. The van der Waals surface area contributed by atoms with Crippen LogP contribution in [0.25, 0.3) is 0 Å². The highest BCUT2D eigenvalue weighted by Gasteiger charge is 2.20. The van der Waals surface area contributed by atoms with Gasteiger partial charge in [0.05, 0.1) is 6.20 Å². The first-order valence-corrected chi connectivity index (χ1v) is 7.38. The maximum atomic E-state index is 4.25. The van der Waals surface area contributed by atoms with Gasteiger partial charge in [-0.05, 0) is 43.4 Å². The van der Waals surface area contributed by atoms with Crippen LogP contribution < -0.4 is 0 Å². The summed E-state index contributed by atoms with van der Waals surface area (Å²) in [7, 11) is 1.98. The summed E-state index contributed by atoms with van der Waals surface area (Å²) in [6.45, 7) is 3.42. The minimum atomic E-state index is 0.754. The molecule has 1 aliphatic rings. The molecule has 1 saturated heterocycles. The molecule has 2 aromatic heterocycles. The van der Waals surface area contributed by atoms with Crippen molar-refractivity contribution in [3.63, 3.8) is 0 Å². The van der Waals surface area contributed by atoms with Gasteiger partial charge in [-0.25, -0.2) is 0 Å². The number of likely N-dealkylation sites (tertiary alicyclic amines) is 1. The lowest BCUT2D eigenvalue weighted by molar-refractivity contribution is 0.167. The predicted octanol–water partition coefficient (Wildman–Crippen LogP) is 2.27. The Hall–Kier alpha value is -1.68. The van der Waals surface area contributed by atoms with Gasteiger partial charge in [0.2, 0.25) is 0 Å². The molecule has 0 bridgehead atoms. The van der Waals surface area contributed by atoms with Gasteiger partial charge in [-0.1, -0.05) is 6.07 Å². The van der Waals surface area contributed by atoms with Gasteiger partial charge >= 0.3 is 0 Å². The molecule has 0 unspecified atom stereocenters. The number of hydrogen-bond donors (Lipinski definition) is 0. The van der Waals surface area contributed by atoms with Gasteiger partial charge in [-0.2, -0.15) is 5.10 Å². The molecule has 1 aliphatic heterocycles. The van der Waals surface area contributed by atoms with Gasteiger partial charge in [0.1, 0.15) is 0 Å². The van der Waals surface area contributed by atoms with Crippen molar-refractivity contribution in [2.45, 2.75) is 25.8 Å². The second-order valence-corrected chi connectivity index (χ2v) is 5.83. The van der Waals surface area contributed by atoms with Crippen molar-refractivity contribution in [2.24, 2.45) is 13.0 Å². The van der Waals surface area contributed by atoms with E-state index in [2.05, 4.69) is 27.2 Å². The third-order valence-electron chi connectivity index (χ3n) is 4.01. The zero-order valence-corrected chi connectivity index (χ0v) is 12.1. The van der Waals surface area contributed by atoms with Crippen LogP contribution in [0.1, 0.15) is 24.0 Å². The highest BCUT2D eigenvalue weighted by atomic mass is 15.2. The maximum Gasteiger partial charge on any atom is 0.0534 e. The second kappa shape index (κ2) is 6.18. The Morgan fingerprint density at radius 3 is 3.00 bits per heavy atom. The Labute approximate surface area is 120 Å². The molecule has 1 atom stereocenters. The van der Waals surface area contributed by atoms with Crippen LogP contribution in [0.3, 0.4) is 0 Å². The van der Waals surface area contributed by atoms with Gasteiger partial charge in [0, 0.05) is 44.3 Å². The molecule has 0 saturated carbocycles. The first kappa shape index (κ1) is 13.3. The smallest absolute Gasteiger partial charge is 0.0534 e. The molecule has 2 aromatic rings. The minimum absolute atomic E-state index is 0.754. The molecule has 3 heterocycles. The van der Waals surface area contributed by atoms with Gasteiger partial charge in [-0.15, -0.1) is 0 Å². The zero-order chi connectivity index (χ0) is 13.8. The molecule has 0 N–H and O–H groups in total. The molecule has 0 aliphatic carbocycles. The highest BCUT2D eigenvalue weighted by molar-refractivity contribution is 5.10. The lowest BCUT2D eigenvalue weighted by Crippen LogP contribution is -2.35. The van der Waals surface area contributed by atoms with E-state index in [0.717, 1.165) is 18.9 Å². The molecule has 1 fully saturated rings. The largest absolute Gasteiger partial charge is 0.299 e. The fourth-order valence-electron chi connectivity index (χ4n) is 3.13. The Kier molecular flexibility index (Phi) is 4.11. The third kappa shape index (κ3) is 3.45. The molecule has 3 rings (SSSR count). The van der Waals surface area contributed by atoms with Crippen molar-refractivity contribution in [2.75, 3.05) is 13.1 Å². The number of piperidine rings is 1. The van der Waals surface area contributed by atoms with E-state index in [1.54, 1.807) is 0 Å². The molecule has 4 nitrogen and oxygen atoms in total. The summed E-state index contributed by atoms with van der Waals surface area (Å²) < 4.78 is 1.88. The van der Waals surface area contributed by atoms with Crippen LogP contribution in [0.15, 0.2) is 36.9 Å². The standard InChI is InChI=1S/C16H22N4/c1-19-11-16(10-18-19)13-20-7-3-5-15(12-20)8-14-4-2-6-17-9-14/h2,4,6,9-11,15H,3,5,7-8,12-13H2,1H3/t15-/m0/s1. The zero-order valence-electron chi connectivity index (χ0n) is 12.1. The van der Waals surface area contributed by atoms with Gasteiger partial charge in [-0.3, -0.25) is 14.6 Å². The van der Waals surface area contributed by atoms with E-state index in [1.165, 1.54) is 37.1 Å². The fourth-order valence-corrected chi connectivity index (χ4v) is 3.13. The summed E-state index contributed by atoms with van der Waals surface area (Å²) in [5, 5.41) is 4.25. The number of pyridine rings is 1. The topological polar surface area (TPSA) is 34.0 Å². The second-order valence-electron chi connectivity index (χ2n) is 5.83. The van der Waals surface area contributed by atoms with Crippen molar-refractivity contribution in [3.8, 4) is 0 Å². The van der Waals surface area contributed by atoms with E-state index in [-0.39, 0.29) is 0 Å². The number of nitrogens with zero attached hydrogens (tertiary/aromatic N) is 4. The first-order valence-electron chi connectivity index (χ1n) is 7.38. The summed E-state index contributed by atoms with van der Waals surface area (Å²) in [5.74, 6) is 0.754. The van der Waals surface area contributed by atoms with Gasteiger partial charge in [0.25, 0.3) is 0 Å². The summed E-state index contributed by atoms with van der Waals surface area (Å²) >= 11 is 0. The minimum Gasteiger partial charge on any atom is -0.299 e. The Morgan fingerprint density at radius 2 is 2.25 bits per heavy atom. The fraction of sp³-hybridized carbons (Fsp3) is 0.500. The number of aromatic nitrogens is 3. The van der Waals surface area contributed by atoms with Crippen LogP contribution in [0, 0.1) is 5.92 Å². The van der Waals surface area contributed by atoms with Crippen LogP contribution in [0.5, 0.6) is 0 Å². The number of aryl methyl sites for hydroxylation is 1. The monoisotopic (exact) mass is 270 g/mol. The highest BCUT2D eigenvalue weighted by Crippen LogP contribution is 2.21. The Bertz CT molecular complexity index is 534. The summed E-state index contributed by atoms with van der Waals surface area (Å²) in [4.78, 5) is 6.77. The molecule has 0 aromatic carbocycles. The average Bonchev–Trinajstić information content (AvgIpc) is 2.86. The molecule has 106 valence electrons. The average molecular weight is 270 g/mol. The normalized spacial score (nSPS) is 20.1. The Morgan fingerprint density at radius 1 is 1.30 bits per heavy atom. The van der Waals surface area contributed by atoms with Gasteiger partial charge < -0.3 is 0 Å². The molecular formula is C16H22N4. The Balaban J connectivity index is 1.56.